The lowest BCUT2D eigenvalue weighted by atomic mass is 9.81. The van der Waals surface area contributed by atoms with E-state index in [2.05, 4.69) is 17.2 Å². The molecule has 6 nitrogen and oxygen atoms in total. The summed E-state index contributed by atoms with van der Waals surface area (Å²) in [5.41, 5.74) is 4.10. The van der Waals surface area contributed by atoms with Gasteiger partial charge in [-0.3, -0.25) is 14.5 Å². The van der Waals surface area contributed by atoms with Crippen LogP contribution in [0.25, 0.3) is 22.2 Å². The van der Waals surface area contributed by atoms with Crippen molar-refractivity contribution in [3.63, 3.8) is 0 Å². The number of fused-ring (bicyclic) bond motifs is 5. The van der Waals surface area contributed by atoms with Crippen molar-refractivity contribution in [3.8, 4) is 17.0 Å². The summed E-state index contributed by atoms with van der Waals surface area (Å²) < 4.78 is 8.46. The second-order valence-electron chi connectivity index (χ2n) is 8.33. The summed E-state index contributed by atoms with van der Waals surface area (Å²) in [6.45, 7) is 1.25. The number of benzene rings is 2. The number of rotatable bonds is 1. The molecule has 1 spiro atoms. The smallest absolute Gasteiger partial charge is 0.256 e. The van der Waals surface area contributed by atoms with Crippen molar-refractivity contribution < 1.29 is 9.53 Å². The molecule has 154 valence electrons. The molecule has 2 aromatic carbocycles. The normalized spacial score (nSPS) is 16.6. The van der Waals surface area contributed by atoms with Gasteiger partial charge in [-0.25, -0.2) is 0 Å². The molecule has 2 aliphatic heterocycles. The lowest BCUT2D eigenvalue weighted by Crippen LogP contribution is -2.49. The molecular formula is C25H22N4O2. The van der Waals surface area contributed by atoms with Gasteiger partial charge in [-0.1, -0.05) is 30.3 Å². The van der Waals surface area contributed by atoms with E-state index in [1.54, 1.807) is 6.20 Å². The highest BCUT2D eigenvalue weighted by Crippen LogP contribution is 2.49. The SMILES string of the molecule is Cn1cc2c(n1)-c1ccccc1OC21CCN(C(=O)c2cccc3cccnc23)CC1. The van der Waals surface area contributed by atoms with Crippen molar-refractivity contribution in [2.75, 3.05) is 13.1 Å². The monoisotopic (exact) mass is 410 g/mol. The number of pyridine rings is 1. The third-order valence-corrected chi connectivity index (χ3v) is 6.49. The Morgan fingerprint density at radius 1 is 1.03 bits per heavy atom. The zero-order valence-corrected chi connectivity index (χ0v) is 17.3. The Morgan fingerprint density at radius 3 is 2.71 bits per heavy atom. The standard InChI is InChI=1S/C25H22N4O2/c1-28-16-20-23(27-28)18-8-2-3-10-21(18)31-25(20)11-14-29(15-12-25)24(30)19-9-4-6-17-7-5-13-26-22(17)19/h2-10,13,16H,11-12,14-15H2,1H3. The number of amides is 1. The molecule has 1 saturated heterocycles. The summed E-state index contributed by atoms with van der Waals surface area (Å²) >= 11 is 0. The highest BCUT2D eigenvalue weighted by molar-refractivity contribution is 6.05. The van der Waals surface area contributed by atoms with E-state index in [0.29, 0.717) is 18.7 Å². The van der Waals surface area contributed by atoms with Crippen LogP contribution in [0, 0.1) is 0 Å². The van der Waals surface area contributed by atoms with Crippen molar-refractivity contribution in [2.45, 2.75) is 18.4 Å². The molecule has 2 aromatic heterocycles. The van der Waals surface area contributed by atoms with Gasteiger partial charge in [0.2, 0.25) is 0 Å². The van der Waals surface area contributed by atoms with Gasteiger partial charge in [0.05, 0.1) is 11.1 Å². The van der Waals surface area contributed by atoms with Crippen molar-refractivity contribution in [1.29, 1.82) is 0 Å². The molecular weight excluding hydrogens is 388 g/mol. The first-order valence-electron chi connectivity index (χ1n) is 10.6. The average Bonchev–Trinajstić information content (AvgIpc) is 3.22. The molecule has 0 bridgehead atoms. The number of nitrogens with zero attached hydrogens (tertiary/aromatic N) is 4. The molecule has 4 aromatic rings. The molecule has 6 rings (SSSR count). The van der Waals surface area contributed by atoms with E-state index < -0.39 is 5.60 Å². The molecule has 0 N–H and O–H groups in total. The van der Waals surface area contributed by atoms with Crippen LogP contribution in [0.15, 0.2) is 67.0 Å². The lowest BCUT2D eigenvalue weighted by Gasteiger charge is -2.44. The molecule has 0 atom stereocenters. The molecule has 0 radical (unpaired) electrons. The third-order valence-electron chi connectivity index (χ3n) is 6.49. The predicted molar refractivity (Wildman–Crippen MR) is 118 cm³/mol. The van der Waals surface area contributed by atoms with E-state index in [1.165, 1.54) is 0 Å². The van der Waals surface area contributed by atoms with Gasteiger partial charge in [0.15, 0.2) is 0 Å². The minimum atomic E-state index is -0.453. The number of aromatic nitrogens is 3. The molecule has 1 amide bonds. The average molecular weight is 410 g/mol. The van der Waals surface area contributed by atoms with Gasteiger partial charge in [-0.05, 0) is 24.3 Å². The second-order valence-corrected chi connectivity index (χ2v) is 8.33. The fraction of sp³-hybridized carbons (Fsp3) is 0.240. The maximum absolute atomic E-state index is 13.4. The summed E-state index contributed by atoms with van der Waals surface area (Å²) in [6, 6.07) is 17.7. The summed E-state index contributed by atoms with van der Waals surface area (Å²) in [4.78, 5) is 19.7. The van der Waals surface area contributed by atoms with Gasteiger partial charge < -0.3 is 9.64 Å². The van der Waals surface area contributed by atoms with Crippen LogP contribution in [0.1, 0.15) is 28.8 Å². The topological polar surface area (TPSA) is 60.2 Å². The van der Waals surface area contributed by atoms with Crippen molar-refractivity contribution in [3.05, 3.63) is 78.1 Å². The first-order valence-corrected chi connectivity index (χ1v) is 10.6. The number of carbonyl (C=O) groups excluding carboxylic acids is 1. The van der Waals surface area contributed by atoms with Crippen molar-refractivity contribution in [1.82, 2.24) is 19.7 Å². The number of carbonyl (C=O) groups is 1. The largest absolute Gasteiger partial charge is 0.482 e. The van der Waals surface area contributed by atoms with Gasteiger partial charge in [0.25, 0.3) is 5.91 Å². The summed E-state index contributed by atoms with van der Waals surface area (Å²) in [6.07, 6.45) is 5.26. The van der Waals surface area contributed by atoms with E-state index in [1.807, 2.05) is 65.2 Å². The van der Waals surface area contributed by atoms with Gasteiger partial charge in [-0.2, -0.15) is 5.10 Å². The van der Waals surface area contributed by atoms with Gasteiger partial charge in [-0.15, -0.1) is 0 Å². The van der Waals surface area contributed by atoms with Gasteiger partial charge >= 0.3 is 0 Å². The van der Waals surface area contributed by atoms with Crippen LogP contribution in [0.5, 0.6) is 5.75 Å². The third kappa shape index (κ3) is 2.75. The van der Waals surface area contributed by atoms with E-state index in [9.17, 15) is 4.79 Å². The van der Waals surface area contributed by atoms with Crippen LogP contribution in [-0.4, -0.2) is 38.7 Å². The van der Waals surface area contributed by atoms with Crippen LogP contribution < -0.4 is 4.74 Å². The highest BCUT2D eigenvalue weighted by Gasteiger charge is 2.45. The summed E-state index contributed by atoms with van der Waals surface area (Å²) in [7, 11) is 1.95. The molecule has 0 saturated carbocycles. The number of piperidine rings is 1. The Hall–Kier alpha value is -3.67. The van der Waals surface area contributed by atoms with Crippen LogP contribution in [-0.2, 0) is 12.6 Å². The van der Waals surface area contributed by atoms with E-state index in [4.69, 9.17) is 9.84 Å². The lowest BCUT2D eigenvalue weighted by molar-refractivity contribution is -0.00161. The van der Waals surface area contributed by atoms with E-state index in [-0.39, 0.29) is 5.91 Å². The van der Waals surface area contributed by atoms with Gasteiger partial charge in [0.1, 0.15) is 17.0 Å². The van der Waals surface area contributed by atoms with Crippen molar-refractivity contribution in [2.24, 2.45) is 7.05 Å². The Labute approximate surface area is 180 Å². The number of hydrogen-bond acceptors (Lipinski definition) is 4. The first-order chi connectivity index (χ1) is 15.1. The fourth-order valence-corrected chi connectivity index (χ4v) is 4.93. The van der Waals surface area contributed by atoms with Crippen LogP contribution >= 0.6 is 0 Å². The summed E-state index contributed by atoms with van der Waals surface area (Å²) in [5.74, 6) is 0.897. The van der Waals surface area contributed by atoms with Crippen molar-refractivity contribution >= 4 is 16.8 Å². The molecule has 0 aliphatic carbocycles. The van der Waals surface area contributed by atoms with E-state index >= 15 is 0 Å². The zero-order chi connectivity index (χ0) is 21.0. The maximum atomic E-state index is 13.4. The number of likely N-dealkylation sites (tertiary alicyclic amines) is 1. The van der Waals surface area contributed by atoms with Crippen LogP contribution in [0.3, 0.4) is 0 Å². The molecule has 1 fully saturated rings. The van der Waals surface area contributed by atoms with Gasteiger partial charge in [0, 0.05) is 61.9 Å². The number of para-hydroxylation sites is 2. The molecule has 2 aliphatic rings. The second kappa shape index (κ2) is 6.67. The van der Waals surface area contributed by atoms with Crippen LogP contribution in [0.4, 0.5) is 0 Å². The number of aryl methyl sites for hydroxylation is 1. The first kappa shape index (κ1) is 18.1. The number of hydrogen-bond donors (Lipinski definition) is 0. The Morgan fingerprint density at radius 2 is 1.84 bits per heavy atom. The summed E-state index contributed by atoms with van der Waals surface area (Å²) in [5, 5.41) is 5.71. The number of ether oxygens (including phenoxy) is 1. The maximum Gasteiger partial charge on any atom is 0.256 e. The molecule has 6 heteroatoms. The molecule has 0 unspecified atom stereocenters. The zero-order valence-electron chi connectivity index (χ0n) is 17.3. The Kier molecular flexibility index (Phi) is 3.90. The predicted octanol–water partition coefficient (Wildman–Crippen LogP) is 4.16. The minimum Gasteiger partial charge on any atom is -0.482 e. The van der Waals surface area contributed by atoms with Crippen LogP contribution in [0.2, 0.25) is 0 Å². The fourth-order valence-electron chi connectivity index (χ4n) is 4.93. The quantitative estimate of drug-likeness (QED) is 0.473. The Bertz CT molecular complexity index is 1310. The Balaban J connectivity index is 1.31. The minimum absolute atomic E-state index is 0.0294. The van der Waals surface area contributed by atoms with E-state index in [0.717, 1.165) is 46.3 Å². The molecule has 4 heterocycles. The molecule has 31 heavy (non-hydrogen) atoms. The highest BCUT2D eigenvalue weighted by atomic mass is 16.5.